The third kappa shape index (κ3) is 6.07. The van der Waals surface area contributed by atoms with Gasteiger partial charge < -0.3 is 20.3 Å². The van der Waals surface area contributed by atoms with Gasteiger partial charge >= 0.3 is 0 Å². The molecule has 2 N–H and O–H groups in total. The average molecular weight is 350 g/mol. The molecule has 1 aromatic carbocycles. The van der Waals surface area contributed by atoms with E-state index in [0.29, 0.717) is 19.7 Å². The zero-order chi connectivity index (χ0) is 17.4. The molecule has 6 nitrogen and oxygen atoms in total. The number of aryl methyl sites for hydroxylation is 1. The van der Waals surface area contributed by atoms with E-state index < -0.39 is 0 Å². The lowest BCUT2D eigenvalue weighted by Gasteiger charge is -2.35. The Hall–Kier alpha value is -1.70. The molecule has 24 heavy (non-hydrogen) atoms. The number of carbonyl (C=O) groups is 1. The highest BCUT2D eigenvalue weighted by Crippen LogP contribution is 2.11. The summed E-state index contributed by atoms with van der Waals surface area (Å²) in [5.41, 5.74) is 2.23. The maximum Gasteiger partial charge on any atom is 0.234 e. The number of ether oxygens (including phenoxy) is 1. The molecular formula is C17H26N4O2S. The first-order valence-electron chi connectivity index (χ1n) is 8.19. The Balaban J connectivity index is 1.70. The molecule has 1 aromatic rings. The minimum absolute atomic E-state index is 0.0425. The van der Waals surface area contributed by atoms with Crippen molar-refractivity contribution >= 4 is 28.9 Å². The maximum atomic E-state index is 11.8. The van der Waals surface area contributed by atoms with Crippen LogP contribution in [0, 0.1) is 6.92 Å². The van der Waals surface area contributed by atoms with Gasteiger partial charge in [-0.25, -0.2) is 0 Å². The first kappa shape index (κ1) is 18.6. The van der Waals surface area contributed by atoms with Crippen molar-refractivity contribution in [3.8, 4) is 0 Å². The topological polar surface area (TPSA) is 56.8 Å². The first-order chi connectivity index (χ1) is 11.6. The van der Waals surface area contributed by atoms with Crippen molar-refractivity contribution in [3.63, 3.8) is 0 Å². The van der Waals surface area contributed by atoms with E-state index in [4.69, 9.17) is 17.0 Å². The fourth-order valence-electron chi connectivity index (χ4n) is 2.50. The number of nitrogens with one attached hydrogen (secondary N) is 2. The van der Waals surface area contributed by atoms with Crippen molar-refractivity contribution in [1.29, 1.82) is 0 Å². The molecule has 1 fully saturated rings. The van der Waals surface area contributed by atoms with E-state index in [9.17, 15) is 4.79 Å². The Kier molecular flexibility index (Phi) is 7.42. The monoisotopic (exact) mass is 350 g/mol. The Morgan fingerprint density at radius 1 is 1.21 bits per heavy atom. The van der Waals surface area contributed by atoms with Gasteiger partial charge in [-0.2, -0.15) is 0 Å². The highest BCUT2D eigenvalue weighted by molar-refractivity contribution is 7.80. The molecule has 1 aliphatic rings. The van der Waals surface area contributed by atoms with E-state index in [0.717, 1.165) is 37.0 Å². The Labute approximate surface area is 149 Å². The second-order valence-electron chi connectivity index (χ2n) is 5.90. The highest BCUT2D eigenvalue weighted by atomic mass is 32.1. The van der Waals surface area contributed by atoms with Crippen LogP contribution in [0.1, 0.15) is 5.56 Å². The summed E-state index contributed by atoms with van der Waals surface area (Å²) in [5, 5.41) is 6.86. The maximum absolute atomic E-state index is 11.8. The van der Waals surface area contributed by atoms with Gasteiger partial charge in [0.2, 0.25) is 5.91 Å². The van der Waals surface area contributed by atoms with E-state index in [1.54, 1.807) is 7.11 Å². The number of rotatable bonds is 6. The lowest BCUT2D eigenvalue weighted by Crippen LogP contribution is -2.52. The van der Waals surface area contributed by atoms with E-state index in [1.165, 1.54) is 5.56 Å². The molecule has 1 amide bonds. The zero-order valence-corrected chi connectivity index (χ0v) is 15.2. The summed E-state index contributed by atoms with van der Waals surface area (Å²) in [6.45, 7) is 6.88. The zero-order valence-electron chi connectivity index (χ0n) is 14.4. The Morgan fingerprint density at radius 2 is 1.88 bits per heavy atom. The first-order valence-corrected chi connectivity index (χ1v) is 8.60. The molecule has 1 heterocycles. The molecule has 132 valence electrons. The highest BCUT2D eigenvalue weighted by Gasteiger charge is 2.20. The van der Waals surface area contributed by atoms with E-state index in [2.05, 4.69) is 39.5 Å². The molecule has 0 bridgehead atoms. The smallest absolute Gasteiger partial charge is 0.234 e. The molecule has 0 radical (unpaired) electrons. The van der Waals surface area contributed by atoms with Gasteiger partial charge in [-0.1, -0.05) is 17.7 Å². The standard InChI is InChI=1S/C17H26N4O2S/c1-14-3-5-15(6-4-14)19-17(24)21-10-8-20(9-11-21)13-16(22)18-7-12-23-2/h3-6H,7-13H2,1-2H3,(H,18,22)(H,19,24). The minimum atomic E-state index is 0.0425. The molecule has 1 saturated heterocycles. The minimum Gasteiger partial charge on any atom is -0.383 e. The number of methoxy groups -OCH3 is 1. The molecule has 0 aliphatic carbocycles. The van der Waals surface area contributed by atoms with Gasteiger partial charge in [-0.3, -0.25) is 9.69 Å². The van der Waals surface area contributed by atoms with Crippen LogP contribution in [-0.4, -0.2) is 73.8 Å². The summed E-state index contributed by atoms with van der Waals surface area (Å²) in [7, 11) is 1.62. The molecule has 0 saturated carbocycles. The van der Waals surface area contributed by atoms with Crippen LogP contribution in [-0.2, 0) is 9.53 Å². The third-order valence-electron chi connectivity index (χ3n) is 3.96. The van der Waals surface area contributed by atoms with Crippen LogP contribution in [0.5, 0.6) is 0 Å². The summed E-state index contributed by atoms with van der Waals surface area (Å²) >= 11 is 5.49. The summed E-state index contributed by atoms with van der Waals surface area (Å²) in [6, 6.07) is 8.18. The number of nitrogens with zero attached hydrogens (tertiary/aromatic N) is 2. The number of hydrogen-bond acceptors (Lipinski definition) is 4. The fraction of sp³-hybridized carbons (Fsp3) is 0.529. The third-order valence-corrected chi connectivity index (χ3v) is 4.32. The second kappa shape index (κ2) is 9.56. The predicted molar refractivity (Wildman–Crippen MR) is 100 cm³/mol. The van der Waals surface area contributed by atoms with Crippen LogP contribution < -0.4 is 10.6 Å². The molecule has 1 aliphatic heterocycles. The summed E-state index contributed by atoms with van der Waals surface area (Å²) in [4.78, 5) is 16.1. The molecule has 0 aromatic heterocycles. The molecule has 0 spiro atoms. The molecule has 7 heteroatoms. The van der Waals surface area contributed by atoms with Crippen LogP contribution >= 0.6 is 12.2 Å². The van der Waals surface area contributed by atoms with E-state index in [-0.39, 0.29) is 5.91 Å². The van der Waals surface area contributed by atoms with Crippen LogP contribution in [0.25, 0.3) is 0 Å². The Bertz CT molecular complexity index is 542. The fourth-order valence-corrected chi connectivity index (χ4v) is 2.80. The van der Waals surface area contributed by atoms with Crippen molar-refractivity contribution in [1.82, 2.24) is 15.1 Å². The molecular weight excluding hydrogens is 324 g/mol. The van der Waals surface area contributed by atoms with Crippen molar-refractivity contribution < 1.29 is 9.53 Å². The largest absolute Gasteiger partial charge is 0.383 e. The van der Waals surface area contributed by atoms with Crippen LogP contribution in [0.4, 0.5) is 5.69 Å². The van der Waals surface area contributed by atoms with Gasteiger partial charge in [0, 0.05) is 45.5 Å². The SMILES string of the molecule is COCCNC(=O)CN1CCN(C(=S)Nc2ccc(C)cc2)CC1. The Morgan fingerprint density at radius 3 is 2.50 bits per heavy atom. The lowest BCUT2D eigenvalue weighted by atomic mass is 10.2. The number of thiocarbonyl (C=S) groups is 1. The molecule has 2 rings (SSSR count). The number of benzene rings is 1. The van der Waals surface area contributed by atoms with Crippen molar-refractivity contribution in [3.05, 3.63) is 29.8 Å². The van der Waals surface area contributed by atoms with Crippen molar-refractivity contribution in [2.24, 2.45) is 0 Å². The normalized spacial score (nSPS) is 15.2. The van der Waals surface area contributed by atoms with E-state index in [1.807, 2.05) is 12.1 Å². The van der Waals surface area contributed by atoms with Crippen molar-refractivity contribution in [2.45, 2.75) is 6.92 Å². The van der Waals surface area contributed by atoms with Gasteiger partial charge in [-0.15, -0.1) is 0 Å². The van der Waals surface area contributed by atoms with Crippen LogP contribution in [0.2, 0.25) is 0 Å². The number of piperazine rings is 1. The molecule has 0 unspecified atom stereocenters. The predicted octanol–water partition coefficient (Wildman–Crippen LogP) is 1.07. The number of hydrogen-bond donors (Lipinski definition) is 2. The number of amides is 1. The molecule has 0 atom stereocenters. The van der Waals surface area contributed by atoms with Gasteiger partial charge in [-0.05, 0) is 31.3 Å². The average Bonchev–Trinajstić information content (AvgIpc) is 2.58. The summed E-state index contributed by atoms with van der Waals surface area (Å²) < 4.78 is 4.92. The van der Waals surface area contributed by atoms with Crippen LogP contribution in [0.15, 0.2) is 24.3 Å². The lowest BCUT2D eigenvalue weighted by molar-refractivity contribution is -0.122. The van der Waals surface area contributed by atoms with Gasteiger partial charge in [0.25, 0.3) is 0 Å². The van der Waals surface area contributed by atoms with Gasteiger partial charge in [0.1, 0.15) is 0 Å². The van der Waals surface area contributed by atoms with Crippen LogP contribution in [0.3, 0.4) is 0 Å². The van der Waals surface area contributed by atoms with E-state index >= 15 is 0 Å². The van der Waals surface area contributed by atoms with Crippen molar-refractivity contribution in [2.75, 3.05) is 58.3 Å². The number of anilines is 1. The quantitative estimate of drug-likeness (QED) is 0.591. The van der Waals surface area contributed by atoms with Gasteiger partial charge in [0.15, 0.2) is 5.11 Å². The summed E-state index contributed by atoms with van der Waals surface area (Å²) in [5.74, 6) is 0.0425. The summed E-state index contributed by atoms with van der Waals surface area (Å²) in [6.07, 6.45) is 0. The van der Waals surface area contributed by atoms with Gasteiger partial charge in [0.05, 0.1) is 13.2 Å². The number of carbonyl (C=O) groups excluding carboxylic acids is 1. The second-order valence-corrected chi connectivity index (χ2v) is 6.29.